The first-order valence-corrected chi connectivity index (χ1v) is 5.60. The molecule has 0 aromatic heterocycles. The van der Waals surface area contributed by atoms with Crippen LogP contribution in [0, 0.1) is 5.92 Å². The maximum Gasteiger partial charge on any atom is 0.328 e. The van der Waals surface area contributed by atoms with E-state index in [2.05, 4.69) is 0 Å². The number of urea groups is 1. The Hall–Kier alpha value is -2.51. The highest BCUT2D eigenvalue weighted by molar-refractivity contribution is 6.17. The van der Waals surface area contributed by atoms with Gasteiger partial charge in [-0.05, 0) is 13.3 Å². The third-order valence-electron chi connectivity index (χ3n) is 2.94. The Labute approximate surface area is 107 Å². The largest absolute Gasteiger partial charge is 0.328 e. The number of amides is 6. The van der Waals surface area contributed by atoms with Crippen molar-refractivity contribution in [1.29, 1.82) is 0 Å². The summed E-state index contributed by atoms with van der Waals surface area (Å²) in [5.74, 6) is -3.43. The second-order valence-corrected chi connectivity index (χ2v) is 4.27. The predicted molar refractivity (Wildman–Crippen MR) is 60.3 cm³/mol. The van der Waals surface area contributed by atoms with Crippen molar-refractivity contribution in [3.63, 3.8) is 0 Å². The van der Waals surface area contributed by atoms with Crippen molar-refractivity contribution in [3.8, 4) is 0 Å². The zero-order chi connectivity index (χ0) is 14.2. The standard InChI is InChI=1S/C11H11N3O5/c1-5-4-7(15)14(10(5)18)3-2-6-8(16)12-11(19)13-9(6)17/h4,6H,2-3H2,1H3,(H2,12,13,16,17,19). The van der Waals surface area contributed by atoms with Crippen molar-refractivity contribution >= 4 is 29.7 Å². The number of nitrogens with one attached hydrogen (secondary N) is 2. The number of carbonyl (C=O) groups is 5. The summed E-state index contributed by atoms with van der Waals surface area (Å²) in [4.78, 5) is 57.8. The Morgan fingerprint density at radius 3 is 2.16 bits per heavy atom. The van der Waals surface area contributed by atoms with E-state index in [-0.39, 0.29) is 13.0 Å². The summed E-state index contributed by atoms with van der Waals surface area (Å²) < 4.78 is 0. The van der Waals surface area contributed by atoms with Crippen LogP contribution in [-0.4, -0.2) is 41.1 Å². The van der Waals surface area contributed by atoms with Crippen LogP contribution in [0.1, 0.15) is 13.3 Å². The van der Waals surface area contributed by atoms with Crippen molar-refractivity contribution in [1.82, 2.24) is 15.5 Å². The predicted octanol–water partition coefficient (Wildman–Crippen LogP) is -1.33. The fourth-order valence-electron chi connectivity index (χ4n) is 1.92. The van der Waals surface area contributed by atoms with Gasteiger partial charge in [-0.25, -0.2) is 4.79 Å². The molecule has 0 spiro atoms. The van der Waals surface area contributed by atoms with Crippen molar-refractivity contribution in [3.05, 3.63) is 11.6 Å². The molecule has 0 bridgehead atoms. The lowest BCUT2D eigenvalue weighted by atomic mass is 10.0. The fourth-order valence-corrected chi connectivity index (χ4v) is 1.92. The van der Waals surface area contributed by atoms with E-state index in [1.807, 2.05) is 10.6 Å². The third-order valence-corrected chi connectivity index (χ3v) is 2.94. The van der Waals surface area contributed by atoms with E-state index in [1.165, 1.54) is 13.0 Å². The van der Waals surface area contributed by atoms with E-state index in [1.54, 1.807) is 0 Å². The molecule has 0 aromatic rings. The second-order valence-electron chi connectivity index (χ2n) is 4.27. The molecule has 2 aliphatic heterocycles. The molecule has 19 heavy (non-hydrogen) atoms. The topological polar surface area (TPSA) is 113 Å². The zero-order valence-corrected chi connectivity index (χ0v) is 10.1. The molecule has 2 rings (SSSR count). The molecule has 0 saturated carbocycles. The molecular formula is C11H11N3O5. The van der Waals surface area contributed by atoms with Crippen LogP contribution in [0.4, 0.5) is 4.79 Å². The third kappa shape index (κ3) is 2.37. The minimum atomic E-state index is -1.08. The monoisotopic (exact) mass is 265 g/mol. The van der Waals surface area contributed by atoms with Crippen LogP contribution >= 0.6 is 0 Å². The van der Waals surface area contributed by atoms with Gasteiger partial charge in [0.2, 0.25) is 11.8 Å². The molecule has 1 saturated heterocycles. The van der Waals surface area contributed by atoms with Gasteiger partial charge in [0.15, 0.2) is 0 Å². The lowest BCUT2D eigenvalue weighted by Crippen LogP contribution is -2.56. The number of imide groups is 3. The number of barbiturate groups is 1. The van der Waals surface area contributed by atoms with Gasteiger partial charge in [-0.2, -0.15) is 0 Å². The Morgan fingerprint density at radius 1 is 1.11 bits per heavy atom. The lowest BCUT2D eigenvalue weighted by Gasteiger charge is -2.22. The van der Waals surface area contributed by atoms with E-state index in [4.69, 9.17) is 0 Å². The van der Waals surface area contributed by atoms with Gasteiger partial charge in [-0.3, -0.25) is 34.7 Å². The number of hydrogen-bond acceptors (Lipinski definition) is 5. The van der Waals surface area contributed by atoms with Crippen molar-refractivity contribution in [2.75, 3.05) is 6.54 Å². The fraction of sp³-hybridized carbons (Fsp3) is 0.364. The first-order chi connectivity index (χ1) is 8.90. The lowest BCUT2D eigenvalue weighted by molar-refractivity contribution is -0.141. The molecule has 0 unspecified atom stereocenters. The quantitative estimate of drug-likeness (QED) is 0.485. The molecule has 2 N–H and O–H groups in total. The number of nitrogens with zero attached hydrogens (tertiary/aromatic N) is 1. The minimum Gasteiger partial charge on any atom is -0.277 e. The molecule has 100 valence electrons. The molecule has 2 aliphatic rings. The van der Waals surface area contributed by atoms with Gasteiger partial charge in [-0.15, -0.1) is 0 Å². The summed E-state index contributed by atoms with van der Waals surface area (Å²) in [5, 5.41) is 3.91. The summed E-state index contributed by atoms with van der Waals surface area (Å²) in [5.41, 5.74) is 0.317. The van der Waals surface area contributed by atoms with Gasteiger partial charge in [-0.1, -0.05) is 0 Å². The maximum atomic E-state index is 11.6. The van der Waals surface area contributed by atoms with Gasteiger partial charge >= 0.3 is 6.03 Å². The van der Waals surface area contributed by atoms with Crippen molar-refractivity contribution < 1.29 is 24.0 Å². The minimum absolute atomic E-state index is 0.0243. The van der Waals surface area contributed by atoms with Crippen LogP contribution in [0.15, 0.2) is 11.6 Å². The van der Waals surface area contributed by atoms with Gasteiger partial charge < -0.3 is 0 Å². The molecule has 0 aromatic carbocycles. The summed E-state index contributed by atoms with van der Waals surface area (Å²) in [6.45, 7) is 1.46. The van der Waals surface area contributed by atoms with Crippen LogP contribution in [0.2, 0.25) is 0 Å². The highest BCUT2D eigenvalue weighted by Gasteiger charge is 2.36. The maximum absolute atomic E-state index is 11.6. The number of carbonyl (C=O) groups excluding carboxylic acids is 5. The van der Waals surface area contributed by atoms with Gasteiger partial charge in [0.05, 0.1) is 0 Å². The molecule has 8 heteroatoms. The molecule has 0 radical (unpaired) electrons. The van der Waals surface area contributed by atoms with Crippen LogP contribution in [0.5, 0.6) is 0 Å². The highest BCUT2D eigenvalue weighted by atomic mass is 16.2. The van der Waals surface area contributed by atoms with Crippen molar-refractivity contribution in [2.24, 2.45) is 5.92 Å². The zero-order valence-electron chi connectivity index (χ0n) is 10.1. The summed E-state index contributed by atoms with van der Waals surface area (Å²) >= 11 is 0. The van der Waals surface area contributed by atoms with Crippen LogP contribution in [-0.2, 0) is 19.2 Å². The smallest absolute Gasteiger partial charge is 0.277 e. The summed E-state index contributed by atoms with van der Waals surface area (Å²) in [7, 11) is 0. The Morgan fingerprint density at radius 2 is 1.68 bits per heavy atom. The Bertz CT molecular complexity index is 516. The van der Waals surface area contributed by atoms with E-state index in [0.717, 1.165) is 4.90 Å². The first-order valence-electron chi connectivity index (χ1n) is 5.60. The van der Waals surface area contributed by atoms with Crippen LogP contribution in [0.3, 0.4) is 0 Å². The van der Waals surface area contributed by atoms with E-state index < -0.39 is 35.6 Å². The Balaban J connectivity index is 1.98. The molecular weight excluding hydrogens is 254 g/mol. The van der Waals surface area contributed by atoms with Crippen LogP contribution in [0.25, 0.3) is 0 Å². The highest BCUT2D eigenvalue weighted by Crippen LogP contribution is 2.15. The summed E-state index contributed by atoms with van der Waals surface area (Å²) in [6, 6.07) is -0.864. The molecule has 2 heterocycles. The normalized spacial score (nSPS) is 20.6. The number of rotatable bonds is 3. The molecule has 1 fully saturated rings. The number of hydrogen-bond donors (Lipinski definition) is 2. The first kappa shape index (κ1) is 12.9. The molecule has 0 atom stereocenters. The average Bonchev–Trinajstić information content (AvgIpc) is 2.53. The van der Waals surface area contributed by atoms with Gasteiger partial charge in [0.25, 0.3) is 11.8 Å². The molecule has 6 amide bonds. The van der Waals surface area contributed by atoms with Gasteiger partial charge in [0.1, 0.15) is 5.92 Å². The molecule has 0 aliphatic carbocycles. The Kier molecular flexibility index (Phi) is 3.16. The van der Waals surface area contributed by atoms with Crippen molar-refractivity contribution in [2.45, 2.75) is 13.3 Å². The SMILES string of the molecule is CC1=CC(=O)N(CCC2C(=O)NC(=O)NC2=O)C1=O. The average molecular weight is 265 g/mol. The second kappa shape index (κ2) is 4.63. The van der Waals surface area contributed by atoms with E-state index >= 15 is 0 Å². The summed E-state index contributed by atoms with van der Waals surface area (Å²) in [6.07, 6.45) is 1.18. The van der Waals surface area contributed by atoms with Crippen LogP contribution < -0.4 is 10.6 Å². The molecule has 8 nitrogen and oxygen atoms in total. The van der Waals surface area contributed by atoms with E-state index in [0.29, 0.717) is 5.57 Å². The van der Waals surface area contributed by atoms with Gasteiger partial charge in [0, 0.05) is 18.2 Å². The van der Waals surface area contributed by atoms with E-state index in [9.17, 15) is 24.0 Å².